The number of amides is 1. The van der Waals surface area contributed by atoms with Crippen molar-refractivity contribution in [3.05, 3.63) is 59.7 Å². The SMILES string of the molecule is COc1ccccc1CCNC(=O)CN1CCN(c2ccc(C(C)=O)cc2)CC1. The van der Waals surface area contributed by atoms with E-state index in [4.69, 9.17) is 4.74 Å². The average molecular weight is 396 g/mol. The van der Waals surface area contributed by atoms with Gasteiger partial charge in [-0.05, 0) is 49.2 Å². The average Bonchev–Trinajstić information content (AvgIpc) is 2.74. The minimum absolute atomic E-state index is 0.0548. The lowest BCUT2D eigenvalue weighted by atomic mass is 10.1. The first-order valence-corrected chi connectivity index (χ1v) is 10.0. The van der Waals surface area contributed by atoms with Crippen molar-refractivity contribution in [2.45, 2.75) is 13.3 Å². The smallest absolute Gasteiger partial charge is 0.234 e. The van der Waals surface area contributed by atoms with Gasteiger partial charge in [-0.25, -0.2) is 0 Å². The zero-order valence-corrected chi connectivity index (χ0v) is 17.2. The highest BCUT2D eigenvalue weighted by molar-refractivity contribution is 5.94. The van der Waals surface area contributed by atoms with Gasteiger partial charge in [-0.15, -0.1) is 0 Å². The van der Waals surface area contributed by atoms with Crippen molar-refractivity contribution < 1.29 is 14.3 Å². The number of ether oxygens (including phenoxy) is 1. The summed E-state index contributed by atoms with van der Waals surface area (Å²) in [5.74, 6) is 0.992. The Labute approximate surface area is 172 Å². The lowest BCUT2D eigenvalue weighted by molar-refractivity contribution is -0.122. The van der Waals surface area contributed by atoms with Crippen LogP contribution in [-0.2, 0) is 11.2 Å². The van der Waals surface area contributed by atoms with Crippen molar-refractivity contribution in [2.24, 2.45) is 0 Å². The fourth-order valence-corrected chi connectivity index (χ4v) is 3.58. The monoisotopic (exact) mass is 395 g/mol. The highest BCUT2D eigenvalue weighted by Crippen LogP contribution is 2.18. The molecule has 1 saturated heterocycles. The molecular weight excluding hydrogens is 366 g/mol. The molecule has 0 unspecified atom stereocenters. The number of hydrogen-bond donors (Lipinski definition) is 1. The van der Waals surface area contributed by atoms with Crippen LogP contribution in [0.5, 0.6) is 5.75 Å². The van der Waals surface area contributed by atoms with Gasteiger partial charge in [0, 0.05) is 44.0 Å². The molecule has 0 radical (unpaired) electrons. The molecule has 1 N–H and O–H groups in total. The molecule has 0 aromatic heterocycles. The maximum absolute atomic E-state index is 12.3. The summed E-state index contributed by atoms with van der Waals surface area (Å²) in [7, 11) is 1.66. The number of para-hydroxylation sites is 1. The maximum Gasteiger partial charge on any atom is 0.234 e. The van der Waals surface area contributed by atoms with E-state index in [0.717, 1.165) is 55.2 Å². The van der Waals surface area contributed by atoms with E-state index in [1.165, 1.54) is 0 Å². The van der Waals surface area contributed by atoms with E-state index in [1.807, 2.05) is 48.5 Å². The summed E-state index contributed by atoms with van der Waals surface area (Å²) in [6.07, 6.45) is 0.750. The molecule has 1 amide bonds. The van der Waals surface area contributed by atoms with Crippen molar-refractivity contribution in [1.29, 1.82) is 0 Å². The molecule has 29 heavy (non-hydrogen) atoms. The second-order valence-electron chi connectivity index (χ2n) is 7.28. The molecule has 0 atom stereocenters. The number of methoxy groups -OCH3 is 1. The molecule has 3 rings (SSSR count). The van der Waals surface area contributed by atoms with E-state index in [0.29, 0.717) is 13.1 Å². The predicted octanol–water partition coefficient (Wildman–Crippen LogP) is 2.38. The van der Waals surface area contributed by atoms with Crippen LogP contribution in [0.25, 0.3) is 0 Å². The lowest BCUT2D eigenvalue weighted by Crippen LogP contribution is -2.49. The van der Waals surface area contributed by atoms with Gasteiger partial charge in [0.1, 0.15) is 5.75 Å². The molecule has 2 aromatic carbocycles. The number of nitrogens with one attached hydrogen (secondary N) is 1. The van der Waals surface area contributed by atoms with Crippen molar-refractivity contribution in [3.8, 4) is 5.75 Å². The van der Waals surface area contributed by atoms with Crippen molar-refractivity contribution in [2.75, 3.05) is 51.3 Å². The highest BCUT2D eigenvalue weighted by Gasteiger charge is 2.19. The Morgan fingerprint density at radius 3 is 2.34 bits per heavy atom. The standard InChI is InChI=1S/C23H29N3O3/c1-18(27)19-7-9-21(10-8-19)26-15-13-25(14-16-26)17-23(28)24-12-11-20-5-3-4-6-22(20)29-2/h3-10H,11-17H2,1-2H3,(H,24,28). The van der Waals surface area contributed by atoms with Gasteiger partial charge in [0.2, 0.25) is 5.91 Å². The third-order valence-corrected chi connectivity index (χ3v) is 5.29. The molecule has 1 heterocycles. The number of ketones is 1. The largest absolute Gasteiger partial charge is 0.496 e. The Morgan fingerprint density at radius 2 is 1.69 bits per heavy atom. The zero-order chi connectivity index (χ0) is 20.6. The minimum atomic E-state index is 0.0548. The Morgan fingerprint density at radius 1 is 1.00 bits per heavy atom. The van der Waals surface area contributed by atoms with Gasteiger partial charge in [0.05, 0.1) is 13.7 Å². The number of piperazine rings is 1. The Hall–Kier alpha value is -2.86. The van der Waals surface area contributed by atoms with E-state index < -0.39 is 0 Å². The molecule has 6 heteroatoms. The summed E-state index contributed by atoms with van der Waals surface area (Å²) in [5.41, 5.74) is 2.95. The van der Waals surface area contributed by atoms with Crippen LogP contribution in [0.3, 0.4) is 0 Å². The highest BCUT2D eigenvalue weighted by atomic mass is 16.5. The maximum atomic E-state index is 12.3. The molecule has 0 aliphatic carbocycles. The number of nitrogens with zero attached hydrogens (tertiary/aromatic N) is 2. The first-order valence-electron chi connectivity index (χ1n) is 10.0. The summed E-state index contributed by atoms with van der Waals surface area (Å²) >= 11 is 0. The fourth-order valence-electron chi connectivity index (χ4n) is 3.58. The van der Waals surface area contributed by atoms with Gasteiger partial charge in [0.15, 0.2) is 5.78 Å². The number of carbonyl (C=O) groups excluding carboxylic acids is 2. The molecule has 0 saturated carbocycles. The molecule has 154 valence electrons. The molecule has 2 aromatic rings. The predicted molar refractivity (Wildman–Crippen MR) is 115 cm³/mol. The van der Waals surface area contributed by atoms with Gasteiger partial charge in [-0.1, -0.05) is 18.2 Å². The summed E-state index contributed by atoms with van der Waals surface area (Å²) < 4.78 is 5.35. The Kier molecular flexibility index (Phi) is 7.25. The summed E-state index contributed by atoms with van der Waals surface area (Å²) in [6, 6.07) is 15.6. The Balaban J connectivity index is 1.39. The molecule has 0 spiro atoms. The second-order valence-corrected chi connectivity index (χ2v) is 7.28. The van der Waals surface area contributed by atoms with Crippen molar-refractivity contribution >= 4 is 17.4 Å². The van der Waals surface area contributed by atoms with Crippen LogP contribution in [0.1, 0.15) is 22.8 Å². The zero-order valence-electron chi connectivity index (χ0n) is 17.2. The van der Waals surface area contributed by atoms with Gasteiger partial charge >= 0.3 is 0 Å². The first-order chi connectivity index (χ1) is 14.1. The normalized spacial score (nSPS) is 14.5. The fraction of sp³-hybridized carbons (Fsp3) is 0.391. The molecule has 1 fully saturated rings. The number of rotatable bonds is 8. The number of Topliss-reactive ketones (excluding diaryl/α,β-unsaturated/α-hetero) is 1. The molecule has 6 nitrogen and oxygen atoms in total. The summed E-state index contributed by atoms with van der Waals surface area (Å²) in [4.78, 5) is 28.2. The van der Waals surface area contributed by atoms with Crippen molar-refractivity contribution in [3.63, 3.8) is 0 Å². The number of hydrogen-bond acceptors (Lipinski definition) is 5. The van der Waals surface area contributed by atoms with Gasteiger partial charge in [0.25, 0.3) is 0 Å². The number of carbonyl (C=O) groups is 2. The number of anilines is 1. The molecule has 1 aliphatic rings. The Bertz CT molecular complexity index is 828. The van der Waals surface area contributed by atoms with E-state index >= 15 is 0 Å². The molecule has 1 aliphatic heterocycles. The van der Waals surface area contributed by atoms with E-state index in [9.17, 15) is 9.59 Å². The molecular formula is C23H29N3O3. The van der Waals surface area contributed by atoms with Crippen LogP contribution in [0.4, 0.5) is 5.69 Å². The first kappa shape index (κ1) is 20.9. The van der Waals surface area contributed by atoms with Crippen molar-refractivity contribution in [1.82, 2.24) is 10.2 Å². The van der Waals surface area contributed by atoms with E-state index in [2.05, 4.69) is 15.1 Å². The quantitative estimate of drug-likeness (QED) is 0.696. The third-order valence-electron chi connectivity index (χ3n) is 5.29. The van der Waals surface area contributed by atoms with Crippen LogP contribution in [0, 0.1) is 0 Å². The van der Waals surface area contributed by atoms with Gasteiger partial charge in [-0.2, -0.15) is 0 Å². The topological polar surface area (TPSA) is 61.9 Å². The van der Waals surface area contributed by atoms with Crippen LogP contribution in [0.2, 0.25) is 0 Å². The summed E-state index contributed by atoms with van der Waals surface area (Å²) in [5, 5.41) is 3.01. The van der Waals surface area contributed by atoms with Crippen LogP contribution in [0.15, 0.2) is 48.5 Å². The minimum Gasteiger partial charge on any atom is -0.496 e. The second kappa shape index (κ2) is 10.1. The van der Waals surface area contributed by atoms with Crippen LogP contribution in [-0.4, -0.2) is 63.0 Å². The lowest BCUT2D eigenvalue weighted by Gasteiger charge is -2.35. The van der Waals surface area contributed by atoms with E-state index in [1.54, 1.807) is 14.0 Å². The van der Waals surface area contributed by atoms with E-state index in [-0.39, 0.29) is 11.7 Å². The van der Waals surface area contributed by atoms with Gasteiger partial charge in [-0.3, -0.25) is 14.5 Å². The third kappa shape index (κ3) is 5.81. The number of benzene rings is 2. The molecule has 0 bridgehead atoms. The van der Waals surface area contributed by atoms with Gasteiger partial charge < -0.3 is 15.0 Å². The van der Waals surface area contributed by atoms with Crippen LogP contribution < -0.4 is 15.0 Å². The summed E-state index contributed by atoms with van der Waals surface area (Å²) in [6.45, 7) is 6.02. The van der Waals surface area contributed by atoms with Crippen LogP contribution >= 0.6 is 0 Å².